The van der Waals surface area contributed by atoms with Gasteiger partial charge >= 0.3 is 0 Å². The summed E-state index contributed by atoms with van der Waals surface area (Å²) in [6.07, 6.45) is 1.78. The molecule has 0 bridgehead atoms. The fourth-order valence-electron chi connectivity index (χ4n) is 4.23. The summed E-state index contributed by atoms with van der Waals surface area (Å²) in [5, 5.41) is 27.1. The lowest BCUT2D eigenvalue weighted by atomic mass is 10.0. The second-order valence-electron chi connectivity index (χ2n) is 8.29. The minimum absolute atomic E-state index is 0.0209. The summed E-state index contributed by atoms with van der Waals surface area (Å²) < 4.78 is 0. The van der Waals surface area contributed by atoms with E-state index >= 15 is 0 Å². The topological polar surface area (TPSA) is 119 Å². The number of aromatic hydroxyl groups is 2. The Morgan fingerprint density at radius 1 is 0.941 bits per heavy atom. The molecule has 1 heterocycles. The number of hydrogen-bond acceptors (Lipinski definition) is 5. The highest BCUT2D eigenvalue weighted by Crippen LogP contribution is 2.31. The number of rotatable bonds is 7. The molecule has 8 nitrogen and oxygen atoms in total. The monoisotopic (exact) mass is 461 g/mol. The van der Waals surface area contributed by atoms with Gasteiger partial charge in [-0.05, 0) is 48.9 Å². The lowest BCUT2D eigenvalue weighted by Gasteiger charge is -2.24. The van der Waals surface area contributed by atoms with Crippen molar-refractivity contribution in [2.75, 3.05) is 19.6 Å². The maximum Gasteiger partial charge on any atom is 0.258 e. The molecule has 0 radical (unpaired) electrons. The zero-order valence-corrected chi connectivity index (χ0v) is 18.7. The van der Waals surface area contributed by atoms with Crippen LogP contribution in [0.4, 0.5) is 0 Å². The Balaban J connectivity index is 1.30. The van der Waals surface area contributed by atoms with Crippen LogP contribution in [0.25, 0.3) is 10.8 Å². The minimum Gasteiger partial charge on any atom is -0.508 e. The van der Waals surface area contributed by atoms with E-state index in [1.165, 1.54) is 17.0 Å². The molecular formula is C26H27N3O5. The van der Waals surface area contributed by atoms with E-state index in [9.17, 15) is 24.6 Å². The number of likely N-dealkylation sites (tertiary alicyclic amines) is 1. The van der Waals surface area contributed by atoms with Crippen molar-refractivity contribution in [2.24, 2.45) is 0 Å². The molecule has 1 unspecified atom stereocenters. The van der Waals surface area contributed by atoms with Gasteiger partial charge in [0.25, 0.3) is 11.8 Å². The van der Waals surface area contributed by atoms with Crippen LogP contribution in [0.3, 0.4) is 0 Å². The molecule has 1 atom stereocenters. The number of nitrogens with one attached hydrogen (secondary N) is 2. The Morgan fingerprint density at radius 3 is 2.56 bits per heavy atom. The largest absolute Gasteiger partial charge is 0.508 e. The number of benzene rings is 3. The Labute approximate surface area is 197 Å². The highest BCUT2D eigenvalue weighted by atomic mass is 16.3. The number of amides is 3. The molecule has 4 rings (SSSR count). The van der Waals surface area contributed by atoms with Gasteiger partial charge in [-0.15, -0.1) is 0 Å². The predicted octanol–water partition coefficient (Wildman–Crippen LogP) is 2.79. The molecule has 1 fully saturated rings. The smallest absolute Gasteiger partial charge is 0.258 e. The zero-order valence-electron chi connectivity index (χ0n) is 18.7. The van der Waals surface area contributed by atoms with Gasteiger partial charge in [0.15, 0.2) is 0 Å². The lowest BCUT2D eigenvalue weighted by Crippen LogP contribution is -2.46. The molecule has 1 aliphatic rings. The zero-order chi connectivity index (χ0) is 24.1. The minimum atomic E-state index is -0.597. The fraction of sp³-hybridized carbons (Fsp3) is 0.269. The Kier molecular flexibility index (Phi) is 6.96. The third kappa shape index (κ3) is 4.96. The average molecular weight is 462 g/mol. The standard InChI is InChI=1S/C26H27N3O5/c30-19-8-3-7-18(16-19)24(32)27-13-5-14-28-25(33)22-10-4-15-29(22)26(34)21-12-11-17-6-1-2-9-20(17)23(21)31/h1-3,6-9,11-12,16,22,30-31H,4-5,10,13-15H2,(H,27,32)(H,28,33). The van der Waals surface area contributed by atoms with Crippen molar-refractivity contribution in [1.29, 1.82) is 0 Å². The van der Waals surface area contributed by atoms with Crippen molar-refractivity contribution < 1.29 is 24.6 Å². The number of phenols is 2. The maximum atomic E-state index is 13.2. The number of carbonyl (C=O) groups is 3. The average Bonchev–Trinajstić information content (AvgIpc) is 3.34. The van der Waals surface area contributed by atoms with Crippen molar-refractivity contribution in [1.82, 2.24) is 15.5 Å². The summed E-state index contributed by atoms with van der Waals surface area (Å²) in [6, 6.07) is 16.2. The lowest BCUT2D eigenvalue weighted by molar-refractivity contribution is -0.124. The molecule has 3 amide bonds. The molecule has 3 aromatic rings. The van der Waals surface area contributed by atoms with Gasteiger partial charge in [0, 0.05) is 30.6 Å². The van der Waals surface area contributed by atoms with Crippen molar-refractivity contribution in [2.45, 2.75) is 25.3 Å². The maximum absolute atomic E-state index is 13.2. The van der Waals surface area contributed by atoms with Gasteiger partial charge in [-0.3, -0.25) is 14.4 Å². The fourth-order valence-corrected chi connectivity index (χ4v) is 4.23. The highest BCUT2D eigenvalue weighted by Gasteiger charge is 2.35. The molecule has 4 N–H and O–H groups in total. The van der Waals surface area contributed by atoms with Gasteiger partial charge in [-0.2, -0.15) is 0 Å². The van der Waals surface area contributed by atoms with Crippen LogP contribution >= 0.6 is 0 Å². The number of phenolic OH excluding ortho intramolecular Hbond substituents is 2. The summed E-state index contributed by atoms with van der Waals surface area (Å²) in [5.74, 6) is -0.959. The third-order valence-electron chi connectivity index (χ3n) is 5.99. The van der Waals surface area contributed by atoms with E-state index in [1.807, 2.05) is 12.1 Å². The van der Waals surface area contributed by atoms with E-state index < -0.39 is 6.04 Å². The SMILES string of the molecule is O=C(NCCCNC(=O)C1CCCN1C(=O)c1ccc2ccccc2c1O)c1cccc(O)c1. The van der Waals surface area contributed by atoms with Crippen LogP contribution in [0.1, 0.15) is 40.0 Å². The molecule has 0 saturated carbocycles. The molecule has 176 valence electrons. The first-order valence-electron chi connectivity index (χ1n) is 11.3. The summed E-state index contributed by atoms with van der Waals surface area (Å²) in [6.45, 7) is 1.15. The molecule has 0 spiro atoms. The number of fused-ring (bicyclic) bond motifs is 1. The molecule has 0 aliphatic carbocycles. The summed E-state index contributed by atoms with van der Waals surface area (Å²) in [4.78, 5) is 39.5. The molecular weight excluding hydrogens is 434 g/mol. The number of nitrogens with zero attached hydrogens (tertiary/aromatic N) is 1. The van der Waals surface area contributed by atoms with E-state index in [2.05, 4.69) is 10.6 Å². The predicted molar refractivity (Wildman–Crippen MR) is 128 cm³/mol. The Hall–Kier alpha value is -4.07. The first kappa shape index (κ1) is 23.1. The quantitative estimate of drug-likeness (QED) is 0.404. The summed E-state index contributed by atoms with van der Waals surface area (Å²) >= 11 is 0. The number of carbonyl (C=O) groups excluding carboxylic acids is 3. The van der Waals surface area contributed by atoms with E-state index in [0.29, 0.717) is 49.8 Å². The Morgan fingerprint density at radius 2 is 1.74 bits per heavy atom. The molecule has 8 heteroatoms. The first-order valence-corrected chi connectivity index (χ1v) is 11.3. The summed E-state index contributed by atoms with van der Waals surface area (Å²) in [7, 11) is 0. The third-order valence-corrected chi connectivity index (χ3v) is 5.99. The van der Waals surface area contributed by atoms with Crippen LogP contribution in [-0.2, 0) is 4.79 Å². The van der Waals surface area contributed by atoms with Crippen molar-refractivity contribution in [3.05, 3.63) is 71.8 Å². The van der Waals surface area contributed by atoms with Gasteiger partial charge in [-0.25, -0.2) is 0 Å². The first-order chi connectivity index (χ1) is 16.5. The van der Waals surface area contributed by atoms with Gasteiger partial charge in [0.1, 0.15) is 17.5 Å². The van der Waals surface area contributed by atoms with Gasteiger partial charge in [-0.1, -0.05) is 36.4 Å². The van der Waals surface area contributed by atoms with Crippen LogP contribution in [0.15, 0.2) is 60.7 Å². The van der Waals surface area contributed by atoms with E-state index in [-0.39, 0.29) is 34.8 Å². The van der Waals surface area contributed by atoms with Crippen LogP contribution in [0.5, 0.6) is 11.5 Å². The molecule has 1 saturated heterocycles. The van der Waals surface area contributed by atoms with Gasteiger partial charge < -0.3 is 25.7 Å². The van der Waals surface area contributed by atoms with E-state index in [0.717, 1.165) is 5.39 Å². The van der Waals surface area contributed by atoms with Crippen LogP contribution < -0.4 is 10.6 Å². The van der Waals surface area contributed by atoms with Crippen molar-refractivity contribution in [3.8, 4) is 11.5 Å². The van der Waals surface area contributed by atoms with Crippen LogP contribution in [0.2, 0.25) is 0 Å². The normalized spacial score (nSPS) is 15.3. The number of hydrogen-bond donors (Lipinski definition) is 4. The second kappa shape index (κ2) is 10.2. The molecule has 34 heavy (non-hydrogen) atoms. The van der Waals surface area contributed by atoms with Gasteiger partial charge in [0.2, 0.25) is 5.91 Å². The van der Waals surface area contributed by atoms with E-state index in [1.54, 1.807) is 36.4 Å². The molecule has 0 aromatic heterocycles. The van der Waals surface area contributed by atoms with Crippen molar-refractivity contribution >= 4 is 28.5 Å². The summed E-state index contributed by atoms with van der Waals surface area (Å²) in [5.41, 5.74) is 0.550. The molecule has 3 aromatic carbocycles. The highest BCUT2D eigenvalue weighted by molar-refractivity contribution is 6.05. The van der Waals surface area contributed by atoms with Crippen LogP contribution in [0, 0.1) is 0 Å². The van der Waals surface area contributed by atoms with Crippen LogP contribution in [-0.4, -0.2) is 58.5 Å². The second-order valence-corrected chi connectivity index (χ2v) is 8.29. The van der Waals surface area contributed by atoms with E-state index in [4.69, 9.17) is 0 Å². The van der Waals surface area contributed by atoms with Gasteiger partial charge in [0.05, 0.1) is 5.56 Å². The van der Waals surface area contributed by atoms with Crippen molar-refractivity contribution in [3.63, 3.8) is 0 Å². The Bertz CT molecular complexity index is 1230. The molecule has 1 aliphatic heterocycles.